The van der Waals surface area contributed by atoms with Crippen molar-refractivity contribution in [2.24, 2.45) is 5.92 Å². The fourth-order valence-corrected chi connectivity index (χ4v) is 1.91. The van der Waals surface area contributed by atoms with E-state index in [9.17, 15) is 4.79 Å². The van der Waals surface area contributed by atoms with E-state index in [-0.39, 0.29) is 5.78 Å². The van der Waals surface area contributed by atoms with Gasteiger partial charge in [-0.1, -0.05) is 5.16 Å². The van der Waals surface area contributed by atoms with Gasteiger partial charge in [-0.25, -0.2) is 0 Å². The SMILES string of the molecule is CC(=O)c1cnoc1CC1CCOCC1. The third-order valence-electron chi connectivity index (χ3n) is 2.84. The van der Waals surface area contributed by atoms with E-state index in [0.717, 1.165) is 38.2 Å². The highest BCUT2D eigenvalue weighted by Crippen LogP contribution is 2.22. The van der Waals surface area contributed by atoms with Crippen molar-refractivity contribution in [3.8, 4) is 0 Å². The van der Waals surface area contributed by atoms with Crippen molar-refractivity contribution in [3.05, 3.63) is 17.5 Å². The van der Waals surface area contributed by atoms with Crippen LogP contribution in [0.2, 0.25) is 0 Å². The molecule has 0 aliphatic carbocycles. The van der Waals surface area contributed by atoms with Crippen molar-refractivity contribution in [1.82, 2.24) is 5.16 Å². The molecule has 1 aliphatic rings. The summed E-state index contributed by atoms with van der Waals surface area (Å²) in [5.41, 5.74) is 0.626. The van der Waals surface area contributed by atoms with Crippen LogP contribution in [0.1, 0.15) is 35.9 Å². The number of aromatic nitrogens is 1. The molecule has 1 aromatic heterocycles. The summed E-state index contributed by atoms with van der Waals surface area (Å²) in [6.45, 7) is 3.17. The summed E-state index contributed by atoms with van der Waals surface area (Å²) in [5.74, 6) is 1.32. The van der Waals surface area contributed by atoms with Crippen LogP contribution in [-0.4, -0.2) is 24.2 Å². The summed E-state index contributed by atoms with van der Waals surface area (Å²) in [6.07, 6.45) is 4.39. The van der Waals surface area contributed by atoms with E-state index >= 15 is 0 Å². The van der Waals surface area contributed by atoms with Gasteiger partial charge in [-0.2, -0.15) is 0 Å². The Labute approximate surface area is 88.6 Å². The minimum absolute atomic E-state index is 0.0262. The van der Waals surface area contributed by atoms with E-state index in [0.29, 0.717) is 11.5 Å². The van der Waals surface area contributed by atoms with Gasteiger partial charge < -0.3 is 9.26 Å². The Balaban J connectivity index is 2.03. The number of nitrogens with zero attached hydrogens (tertiary/aromatic N) is 1. The van der Waals surface area contributed by atoms with Gasteiger partial charge in [-0.3, -0.25) is 4.79 Å². The molecule has 0 bridgehead atoms. The molecule has 4 heteroatoms. The van der Waals surface area contributed by atoms with Crippen LogP contribution in [0.5, 0.6) is 0 Å². The largest absolute Gasteiger partial charge is 0.381 e. The van der Waals surface area contributed by atoms with Gasteiger partial charge in [-0.15, -0.1) is 0 Å². The lowest BCUT2D eigenvalue weighted by molar-refractivity contribution is 0.0645. The fourth-order valence-electron chi connectivity index (χ4n) is 1.91. The predicted octanol–water partition coefficient (Wildman–Crippen LogP) is 1.85. The minimum Gasteiger partial charge on any atom is -0.381 e. The molecule has 0 atom stereocenters. The van der Waals surface area contributed by atoms with Crippen LogP contribution in [0.4, 0.5) is 0 Å². The molecule has 1 fully saturated rings. The zero-order valence-electron chi connectivity index (χ0n) is 8.86. The summed E-state index contributed by atoms with van der Waals surface area (Å²) < 4.78 is 10.4. The number of hydrogen-bond donors (Lipinski definition) is 0. The number of Topliss-reactive ketones (excluding diaryl/α,β-unsaturated/α-hetero) is 1. The van der Waals surface area contributed by atoms with E-state index in [1.54, 1.807) is 6.92 Å². The highest BCUT2D eigenvalue weighted by molar-refractivity contribution is 5.94. The van der Waals surface area contributed by atoms with E-state index in [1.165, 1.54) is 6.20 Å². The van der Waals surface area contributed by atoms with Gasteiger partial charge in [0.15, 0.2) is 5.78 Å². The van der Waals surface area contributed by atoms with Crippen LogP contribution >= 0.6 is 0 Å². The minimum atomic E-state index is 0.0262. The number of ketones is 1. The lowest BCUT2D eigenvalue weighted by Gasteiger charge is -2.20. The number of ether oxygens (including phenoxy) is 1. The Hall–Kier alpha value is -1.16. The standard InChI is InChI=1S/C11H15NO3/c1-8(13)10-7-12-15-11(10)6-9-2-4-14-5-3-9/h7,9H,2-6H2,1H3. The highest BCUT2D eigenvalue weighted by atomic mass is 16.5. The molecule has 0 amide bonds. The molecule has 1 aromatic rings. The summed E-state index contributed by atoms with van der Waals surface area (Å²) in [5, 5.41) is 3.68. The quantitative estimate of drug-likeness (QED) is 0.713. The normalized spacial score (nSPS) is 17.9. The second-order valence-corrected chi connectivity index (χ2v) is 3.98. The number of carbonyl (C=O) groups is 1. The molecule has 1 aliphatic heterocycles. The maximum Gasteiger partial charge on any atom is 0.164 e. The van der Waals surface area contributed by atoms with Crippen molar-refractivity contribution < 1.29 is 14.1 Å². The Morgan fingerprint density at radius 1 is 1.53 bits per heavy atom. The Kier molecular flexibility index (Phi) is 3.16. The van der Waals surface area contributed by atoms with Crippen LogP contribution in [0.15, 0.2) is 10.7 Å². The average Bonchev–Trinajstić information content (AvgIpc) is 2.67. The van der Waals surface area contributed by atoms with Crippen LogP contribution in [0, 0.1) is 5.92 Å². The Bertz CT molecular complexity index is 339. The van der Waals surface area contributed by atoms with Crippen molar-refractivity contribution in [3.63, 3.8) is 0 Å². The number of carbonyl (C=O) groups excluding carboxylic acids is 1. The van der Waals surface area contributed by atoms with Crippen LogP contribution in [0.25, 0.3) is 0 Å². The van der Waals surface area contributed by atoms with Crippen molar-refractivity contribution in [2.45, 2.75) is 26.2 Å². The molecule has 0 unspecified atom stereocenters. The zero-order valence-corrected chi connectivity index (χ0v) is 8.86. The van der Waals surface area contributed by atoms with Crippen LogP contribution in [-0.2, 0) is 11.2 Å². The Morgan fingerprint density at radius 2 is 2.27 bits per heavy atom. The molecular formula is C11H15NO3. The molecule has 0 radical (unpaired) electrons. The van der Waals surface area contributed by atoms with Gasteiger partial charge in [0, 0.05) is 19.6 Å². The molecule has 82 valence electrons. The van der Waals surface area contributed by atoms with Crippen molar-refractivity contribution >= 4 is 5.78 Å². The first kappa shape index (κ1) is 10.4. The average molecular weight is 209 g/mol. The summed E-state index contributed by atoms with van der Waals surface area (Å²) in [6, 6.07) is 0. The first-order chi connectivity index (χ1) is 7.27. The van der Waals surface area contributed by atoms with E-state index < -0.39 is 0 Å². The lowest BCUT2D eigenvalue weighted by atomic mass is 9.94. The zero-order chi connectivity index (χ0) is 10.7. The highest BCUT2D eigenvalue weighted by Gasteiger charge is 2.20. The second-order valence-electron chi connectivity index (χ2n) is 3.98. The Morgan fingerprint density at radius 3 is 2.93 bits per heavy atom. The van der Waals surface area contributed by atoms with Gasteiger partial charge in [0.2, 0.25) is 0 Å². The molecule has 0 saturated carbocycles. The van der Waals surface area contributed by atoms with Crippen molar-refractivity contribution in [1.29, 1.82) is 0 Å². The van der Waals surface area contributed by atoms with Gasteiger partial charge in [0.05, 0.1) is 11.8 Å². The topological polar surface area (TPSA) is 52.3 Å². The van der Waals surface area contributed by atoms with Gasteiger partial charge in [-0.05, 0) is 25.7 Å². The third-order valence-corrected chi connectivity index (χ3v) is 2.84. The molecule has 1 saturated heterocycles. The molecular weight excluding hydrogens is 194 g/mol. The molecule has 0 N–H and O–H groups in total. The van der Waals surface area contributed by atoms with E-state index in [4.69, 9.17) is 9.26 Å². The number of hydrogen-bond acceptors (Lipinski definition) is 4. The first-order valence-corrected chi connectivity index (χ1v) is 5.29. The summed E-state index contributed by atoms with van der Waals surface area (Å²) in [4.78, 5) is 11.2. The fraction of sp³-hybridized carbons (Fsp3) is 0.636. The first-order valence-electron chi connectivity index (χ1n) is 5.29. The summed E-state index contributed by atoms with van der Waals surface area (Å²) >= 11 is 0. The third kappa shape index (κ3) is 2.45. The van der Waals surface area contributed by atoms with Gasteiger partial charge >= 0.3 is 0 Å². The smallest absolute Gasteiger partial charge is 0.164 e. The summed E-state index contributed by atoms with van der Waals surface area (Å²) in [7, 11) is 0. The maximum atomic E-state index is 11.2. The lowest BCUT2D eigenvalue weighted by Crippen LogP contribution is -2.18. The predicted molar refractivity (Wildman–Crippen MR) is 53.8 cm³/mol. The molecule has 0 aromatic carbocycles. The second kappa shape index (κ2) is 4.57. The van der Waals surface area contributed by atoms with E-state index in [2.05, 4.69) is 5.16 Å². The van der Waals surface area contributed by atoms with Gasteiger partial charge in [0.1, 0.15) is 5.76 Å². The van der Waals surface area contributed by atoms with E-state index in [1.807, 2.05) is 0 Å². The van der Waals surface area contributed by atoms with Crippen LogP contribution < -0.4 is 0 Å². The molecule has 15 heavy (non-hydrogen) atoms. The maximum absolute atomic E-state index is 11.2. The number of rotatable bonds is 3. The molecule has 0 spiro atoms. The molecule has 4 nitrogen and oxygen atoms in total. The molecule has 2 rings (SSSR count). The van der Waals surface area contributed by atoms with Gasteiger partial charge in [0.25, 0.3) is 0 Å². The van der Waals surface area contributed by atoms with Crippen LogP contribution in [0.3, 0.4) is 0 Å². The monoisotopic (exact) mass is 209 g/mol. The molecule has 2 heterocycles. The van der Waals surface area contributed by atoms with Crippen molar-refractivity contribution in [2.75, 3.05) is 13.2 Å².